The zero-order chi connectivity index (χ0) is 31.1. The fourth-order valence-electron chi connectivity index (χ4n) is 4.31. The number of carbonyl (C=O) groups excluding carboxylic acids is 3. The summed E-state index contributed by atoms with van der Waals surface area (Å²) < 4.78 is 80.3. The summed E-state index contributed by atoms with van der Waals surface area (Å²) in [5.74, 6) is -8.99. The molecule has 3 aromatic carbocycles. The average molecular weight is 672 g/mol. The van der Waals surface area contributed by atoms with Crippen LogP contribution in [0.2, 0.25) is 5.02 Å². The first-order valence-corrected chi connectivity index (χ1v) is 13.4. The van der Waals surface area contributed by atoms with Crippen molar-refractivity contribution < 1.29 is 40.7 Å². The smallest absolute Gasteiger partial charge is 0.326 e. The first-order chi connectivity index (χ1) is 19.6. The highest BCUT2D eigenvalue weighted by Gasteiger charge is 2.67. The number of carbonyl (C=O) groups is 3. The van der Waals surface area contributed by atoms with Crippen molar-refractivity contribution in [3.8, 4) is 0 Å². The lowest BCUT2D eigenvalue weighted by Gasteiger charge is -2.13. The van der Waals surface area contributed by atoms with Crippen molar-refractivity contribution in [1.29, 1.82) is 0 Å². The van der Waals surface area contributed by atoms with Crippen LogP contribution in [0.4, 0.5) is 37.7 Å². The third-order valence-corrected chi connectivity index (χ3v) is 7.99. The molecule has 0 saturated heterocycles. The first-order valence-electron chi connectivity index (χ1n) is 11.8. The summed E-state index contributed by atoms with van der Waals surface area (Å²) in [7, 11) is 0. The Hall–Kier alpha value is -2.99. The van der Waals surface area contributed by atoms with Crippen molar-refractivity contribution in [3.63, 3.8) is 0 Å². The van der Waals surface area contributed by atoms with Gasteiger partial charge in [0, 0.05) is 23.6 Å². The fraction of sp³-hybridized carbons (Fsp3) is 0.222. The molecule has 0 aliphatic heterocycles. The molecule has 42 heavy (non-hydrogen) atoms. The molecule has 4 rings (SSSR count). The molecule has 222 valence electrons. The van der Waals surface area contributed by atoms with Gasteiger partial charge < -0.3 is 10.6 Å². The number of nitrogens with one attached hydrogen (secondary N) is 2. The Bertz CT molecular complexity index is 1600. The highest BCUT2D eigenvalue weighted by atomic mass is 35.5. The Balaban J connectivity index is 1.53. The second kappa shape index (κ2) is 11.9. The second-order valence-electron chi connectivity index (χ2n) is 9.24. The molecule has 0 unspecified atom stereocenters. The minimum Gasteiger partial charge on any atom is -0.326 e. The van der Waals surface area contributed by atoms with Gasteiger partial charge in [0.2, 0.25) is 5.91 Å². The van der Waals surface area contributed by atoms with Crippen LogP contribution in [-0.4, -0.2) is 27.8 Å². The number of hydrogen-bond acceptors (Lipinski definition) is 3. The summed E-state index contributed by atoms with van der Waals surface area (Å²) in [4.78, 5) is 37.5. The van der Waals surface area contributed by atoms with Gasteiger partial charge in [0.25, 0.3) is 5.91 Å². The third kappa shape index (κ3) is 6.49. The lowest BCUT2D eigenvalue weighted by Crippen LogP contribution is -2.19. The van der Waals surface area contributed by atoms with Gasteiger partial charge in [-0.2, -0.15) is 13.2 Å². The molecule has 2 amide bonds. The lowest BCUT2D eigenvalue weighted by atomic mass is 10.0. The fourth-order valence-corrected chi connectivity index (χ4v) is 5.43. The molecule has 0 spiro atoms. The largest absolute Gasteiger partial charge is 0.419 e. The van der Waals surface area contributed by atoms with Crippen molar-refractivity contribution in [2.45, 2.75) is 22.8 Å². The highest BCUT2D eigenvalue weighted by Crippen LogP contribution is 2.65. The second-order valence-corrected chi connectivity index (χ2v) is 11.4. The van der Waals surface area contributed by atoms with Crippen LogP contribution in [0, 0.1) is 23.4 Å². The maximum atomic E-state index is 14.9. The van der Waals surface area contributed by atoms with Crippen LogP contribution in [0.5, 0.6) is 0 Å². The molecule has 3 aromatic rings. The molecule has 2 N–H and O–H groups in total. The molecule has 1 fully saturated rings. The number of amides is 2. The number of hydrogen-bond donors (Lipinski definition) is 2. The Morgan fingerprint density at radius 2 is 1.57 bits per heavy atom. The average Bonchev–Trinajstić information content (AvgIpc) is 3.50. The molecule has 2 atom stereocenters. The van der Waals surface area contributed by atoms with Crippen LogP contribution in [-0.2, 0) is 22.2 Å². The van der Waals surface area contributed by atoms with E-state index in [-0.39, 0.29) is 21.8 Å². The molecule has 1 aliphatic carbocycles. The van der Waals surface area contributed by atoms with E-state index in [1.54, 1.807) is 0 Å². The van der Waals surface area contributed by atoms with Crippen molar-refractivity contribution in [2.75, 3.05) is 16.5 Å². The van der Waals surface area contributed by atoms with E-state index in [9.17, 15) is 40.7 Å². The number of benzene rings is 3. The molecule has 0 aromatic heterocycles. The van der Waals surface area contributed by atoms with E-state index in [0.717, 1.165) is 24.3 Å². The standard InChI is InChI=1S/C27H16Cl4F6N2O3/c28-10-13(40)9-15-18(32)5-6-20(23(15)34)39-24(41)14-8-12(2-3-17(14)29)38-25(42)22-21(26(22,30)31)11-1-4-19(33)16(7-11)27(35,36)37/h1-8,21-22H,9-10H2,(H,38,42)(H,39,41)/t21-,22+/m0/s1. The van der Waals surface area contributed by atoms with E-state index in [1.807, 2.05) is 0 Å². The number of alkyl halides is 6. The van der Waals surface area contributed by atoms with E-state index < -0.39 is 86.5 Å². The van der Waals surface area contributed by atoms with Gasteiger partial charge in [-0.05, 0) is 48.0 Å². The van der Waals surface area contributed by atoms with E-state index in [2.05, 4.69) is 10.6 Å². The number of rotatable bonds is 8. The van der Waals surface area contributed by atoms with E-state index in [4.69, 9.17) is 46.4 Å². The predicted molar refractivity (Wildman–Crippen MR) is 146 cm³/mol. The summed E-state index contributed by atoms with van der Waals surface area (Å²) in [5, 5.41) is 4.54. The Kier molecular flexibility index (Phi) is 9.09. The predicted octanol–water partition coefficient (Wildman–Crippen LogP) is 7.90. The maximum Gasteiger partial charge on any atom is 0.419 e. The van der Waals surface area contributed by atoms with Crippen LogP contribution >= 0.6 is 46.4 Å². The summed E-state index contributed by atoms with van der Waals surface area (Å²) >= 11 is 23.9. The van der Waals surface area contributed by atoms with Crippen LogP contribution in [0.1, 0.15) is 33.0 Å². The Labute approximate surface area is 254 Å². The summed E-state index contributed by atoms with van der Waals surface area (Å²) in [6.45, 7) is 0. The Morgan fingerprint density at radius 3 is 2.21 bits per heavy atom. The quantitative estimate of drug-likeness (QED) is 0.189. The van der Waals surface area contributed by atoms with Crippen LogP contribution in [0.3, 0.4) is 0 Å². The minimum absolute atomic E-state index is 0.00704. The van der Waals surface area contributed by atoms with E-state index >= 15 is 0 Å². The van der Waals surface area contributed by atoms with Crippen molar-refractivity contribution in [2.24, 2.45) is 5.92 Å². The number of Topliss-reactive ketones (excluding diaryl/α,β-unsaturated/α-hetero) is 1. The van der Waals surface area contributed by atoms with Gasteiger partial charge in [-0.15, -0.1) is 34.8 Å². The molecule has 5 nitrogen and oxygen atoms in total. The SMILES string of the molecule is O=C(CCl)Cc1c(F)ccc(NC(=O)c2cc(NC(=O)[C@H]3[C@H](c4ccc(F)c(C(F)(F)F)c4)C3(Cl)Cl)ccc2Cl)c1F. The molecule has 15 heteroatoms. The van der Waals surface area contributed by atoms with Gasteiger partial charge in [-0.25, -0.2) is 13.2 Å². The summed E-state index contributed by atoms with van der Waals surface area (Å²) in [5.41, 5.74) is -2.97. The van der Waals surface area contributed by atoms with Crippen LogP contribution < -0.4 is 10.6 Å². The maximum absolute atomic E-state index is 14.9. The first kappa shape index (κ1) is 31.9. The van der Waals surface area contributed by atoms with Crippen LogP contribution in [0.25, 0.3) is 0 Å². The zero-order valence-corrected chi connectivity index (χ0v) is 23.7. The molecule has 1 saturated carbocycles. The molecule has 0 radical (unpaired) electrons. The normalized spacial score (nSPS) is 17.5. The number of anilines is 2. The minimum atomic E-state index is -4.99. The molecular weight excluding hydrogens is 656 g/mol. The van der Waals surface area contributed by atoms with Gasteiger partial charge in [-0.3, -0.25) is 14.4 Å². The Morgan fingerprint density at radius 1 is 0.905 bits per heavy atom. The number of ketones is 1. The summed E-state index contributed by atoms with van der Waals surface area (Å²) in [6, 6.07) is 7.60. The van der Waals surface area contributed by atoms with Gasteiger partial charge >= 0.3 is 6.18 Å². The van der Waals surface area contributed by atoms with E-state index in [0.29, 0.717) is 12.1 Å². The highest BCUT2D eigenvalue weighted by molar-refractivity contribution is 6.53. The molecular formula is C27H16Cl4F6N2O3. The van der Waals surface area contributed by atoms with Gasteiger partial charge in [0.15, 0.2) is 11.6 Å². The van der Waals surface area contributed by atoms with Gasteiger partial charge in [0.1, 0.15) is 16.0 Å². The van der Waals surface area contributed by atoms with Crippen molar-refractivity contribution >= 4 is 75.4 Å². The molecule has 0 bridgehead atoms. The monoisotopic (exact) mass is 670 g/mol. The van der Waals surface area contributed by atoms with Crippen molar-refractivity contribution in [1.82, 2.24) is 0 Å². The molecule has 0 heterocycles. The van der Waals surface area contributed by atoms with Crippen molar-refractivity contribution in [3.05, 3.63) is 93.3 Å². The van der Waals surface area contributed by atoms with Gasteiger partial charge in [-0.1, -0.05) is 17.7 Å². The topological polar surface area (TPSA) is 75.3 Å². The zero-order valence-electron chi connectivity index (χ0n) is 20.7. The third-order valence-electron chi connectivity index (χ3n) is 6.43. The van der Waals surface area contributed by atoms with Crippen LogP contribution in [0.15, 0.2) is 48.5 Å². The molecule has 1 aliphatic rings. The lowest BCUT2D eigenvalue weighted by molar-refractivity contribution is -0.140. The summed E-state index contributed by atoms with van der Waals surface area (Å²) in [6.07, 6.45) is -5.64. The number of halogens is 10. The van der Waals surface area contributed by atoms with E-state index in [1.165, 1.54) is 12.1 Å². The van der Waals surface area contributed by atoms with Gasteiger partial charge in [0.05, 0.1) is 33.6 Å².